The lowest BCUT2D eigenvalue weighted by molar-refractivity contribution is 0.301. The van der Waals surface area contributed by atoms with Crippen LogP contribution in [0, 0.1) is 0 Å². The summed E-state index contributed by atoms with van der Waals surface area (Å²) in [6, 6.07) is 1.21. The van der Waals surface area contributed by atoms with Gasteiger partial charge in [0.15, 0.2) is 17.4 Å². The van der Waals surface area contributed by atoms with Gasteiger partial charge in [0.05, 0.1) is 0 Å². The second-order valence-electron chi connectivity index (χ2n) is 8.73. The van der Waals surface area contributed by atoms with Crippen molar-refractivity contribution in [2.24, 2.45) is 0 Å². The molecule has 0 bridgehead atoms. The Morgan fingerprint density at radius 1 is 0.667 bits per heavy atom. The lowest BCUT2D eigenvalue weighted by Gasteiger charge is -2.41. The summed E-state index contributed by atoms with van der Waals surface area (Å²) in [7, 11) is -9.02. The molecule has 4 nitrogen and oxygen atoms in total. The number of unbranched alkanes of at least 4 members (excludes halogenated alkanes) is 2. The van der Waals surface area contributed by atoms with E-state index in [1.807, 2.05) is 0 Å². The molecule has 9 heteroatoms. The molecule has 0 atom stereocenters. The van der Waals surface area contributed by atoms with E-state index >= 15 is 0 Å². The third-order valence-electron chi connectivity index (χ3n) is 3.34. The van der Waals surface area contributed by atoms with Crippen molar-refractivity contribution in [1.82, 2.24) is 0 Å². The Bertz CT molecular complexity index is 373. The molecule has 24 heavy (non-hydrogen) atoms. The minimum atomic E-state index is -2.27. The van der Waals surface area contributed by atoms with Crippen LogP contribution in [0.25, 0.3) is 0 Å². The van der Waals surface area contributed by atoms with Crippen LogP contribution in [0.4, 0.5) is 0 Å². The zero-order valence-electron chi connectivity index (χ0n) is 18.0. The molecule has 0 unspecified atom stereocenters. The molecule has 0 aliphatic heterocycles. The summed E-state index contributed by atoms with van der Waals surface area (Å²) >= 11 is 0. The van der Waals surface area contributed by atoms with Gasteiger partial charge < -0.3 is 16.5 Å². The van der Waals surface area contributed by atoms with Gasteiger partial charge in [0.25, 0.3) is 0 Å². The highest BCUT2D eigenvalue weighted by molar-refractivity contribution is 6.89. The first-order valence-electron chi connectivity index (χ1n) is 9.19. The highest BCUT2D eigenvalue weighted by Crippen LogP contribution is 2.26. The molecular formula is C15H41O4Si5. The minimum absolute atomic E-state index is 0.757. The second kappa shape index (κ2) is 9.74. The van der Waals surface area contributed by atoms with Crippen LogP contribution in [-0.2, 0) is 16.5 Å². The van der Waals surface area contributed by atoms with Gasteiger partial charge in [0, 0.05) is 0 Å². The van der Waals surface area contributed by atoms with Gasteiger partial charge >= 0.3 is 25.7 Å². The van der Waals surface area contributed by atoms with Crippen LogP contribution >= 0.6 is 0 Å². The van der Waals surface area contributed by atoms with Gasteiger partial charge in [-0.05, 0) is 71.5 Å². The molecule has 0 aromatic carbocycles. The first-order valence-corrected chi connectivity index (χ1v) is 23.2. The fourth-order valence-electron chi connectivity index (χ4n) is 3.26. The SMILES string of the molecule is CCCCC[Si](C)(C)O[Si](C)(C)O[Si](C)(C)O[Si](C)(C)O[Si](C)C. The number of hydrogen-bond donors (Lipinski definition) is 0. The van der Waals surface area contributed by atoms with Crippen LogP contribution in [0.5, 0.6) is 0 Å². The third-order valence-corrected chi connectivity index (χ3v) is 20.5. The van der Waals surface area contributed by atoms with Crippen molar-refractivity contribution >= 4 is 43.0 Å². The maximum Gasteiger partial charge on any atom is 0.314 e. The Balaban J connectivity index is 4.75. The van der Waals surface area contributed by atoms with Crippen LogP contribution in [-0.4, -0.2) is 43.0 Å². The molecule has 0 rings (SSSR count). The summed E-state index contributed by atoms with van der Waals surface area (Å²) in [5.74, 6) is 0. The summed E-state index contributed by atoms with van der Waals surface area (Å²) in [6.07, 6.45) is 3.82. The fraction of sp³-hybridized carbons (Fsp3) is 1.00. The lowest BCUT2D eigenvalue weighted by atomic mass is 10.3. The molecule has 145 valence electrons. The summed E-state index contributed by atoms with van der Waals surface area (Å²) in [4.78, 5) is 0. The highest BCUT2D eigenvalue weighted by atomic mass is 28.5. The molecular weight excluding hydrogens is 385 g/mol. The number of rotatable bonds is 12. The molecule has 0 spiro atoms. The van der Waals surface area contributed by atoms with Crippen molar-refractivity contribution in [3.05, 3.63) is 0 Å². The van der Waals surface area contributed by atoms with E-state index in [4.69, 9.17) is 16.5 Å². The topological polar surface area (TPSA) is 36.9 Å². The van der Waals surface area contributed by atoms with Crippen LogP contribution in [0.2, 0.25) is 71.5 Å². The van der Waals surface area contributed by atoms with E-state index in [0.717, 1.165) is 0 Å². The number of hydrogen-bond acceptors (Lipinski definition) is 4. The maximum absolute atomic E-state index is 6.59. The highest BCUT2D eigenvalue weighted by Gasteiger charge is 2.44. The van der Waals surface area contributed by atoms with E-state index in [1.165, 1.54) is 25.3 Å². The van der Waals surface area contributed by atoms with Crippen molar-refractivity contribution in [2.45, 2.75) is 97.7 Å². The smallest absolute Gasteiger partial charge is 0.314 e. The average molecular weight is 426 g/mol. The third kappa shape index (κ3) is 12.3. The Morgan fingerprint density at radius 3 is 1.58 bits per heavy atom. The van der Waals surface area contributed by atoms with Crippen LogP contribution in [0.3, 0.4) is 0 Å². The zero-order valence-corrected chi connectivity index (χ0v) is 23.0. The normalized spacial score (nSPS) is 14.5. The van der Waals surface area contributed by atoms with E-state index in [2.05, 4.69) is 72.4 Å². The summed E-state index contributed by atoms with van der Waals surface area (Å²) < 4.78 is 25.6. The Morgan fingerprint density at radius 2 is 1.12 bits per heavy atom. The molecule has 0 aromatic rings. The molecule has 0 fully saturated rings. The van der Waals surface area contributed by atoms with E-state index in [1.54, 1.807) is 0 Å². The van der Waals surface area contributed by atoms with Gasteiger partial charge in [-0.2, -0.15) is 0 Å². The fourth-order valence-corrected chi connectivity index (χ4v) is 25.1. The summed E-state index contributed by atoms with van der Waals surface area (Å²) in [5.41, 5.74) is 0. The van der Waals surface area contributed by atoms with Crippen molar-refractivity contribution in [2.75, 3.05) is 0 Å². The largest absolute Gasteiger partial charge is 0.437 e. The van der Waals surface area contributed by atoms with Crippen molar-refractivity contribution in [3.63, 3.8) is 0 Å². The quantitative estimate of drug-likeness (QED) is 0.292. The molecule has 0 aromatic heterocycles. The van der Waals surface area contributed by atoms with E-state index in [-0.39, 0.29) is 0 Å². The monoisotopic (exact) mass is 425 g/mol. The van der Waals surface area contributed by atoms with E-state index in [9.17, 15) is 0 Å². The molecule has 0 aliphatic rings. The predicted molar refractivity (Wildman–Crippen MR) is 116 cm³/mol. The van der Waals surface area contributed by atoms with Gasteiger partial charge in [-0.3, -0.25) is 0 Å². The summed E-state index contributed by atoms with van der Waals surface area (Å²) in [6.45, 7) is 24.1. The van der Waals surface area contributed by atoms with Crippen molar-refractivity contribution in [3.8, 4) is 0 Å². The van der Waals surface area contributed by atoms with E-state index in [0.29, 0.717) is 0 Å². The summed E-state index contributed by atoms with van der Waals surface area (Å²) in [5, 5.41) is 0. The van der Waals surface area contributed by atoms with Gasteiger partial charge in [-0.15, -0.1) is 0 Å². The average Bonchev–Trinajstić information content (AvgIpc) is 2.20. The Hall–Kier alpha value is 0.924. The molecule has 0 amide bonds. The van der Waals surface area contributed by atoms with Gasteiger partial charge in [0.2, 0.25) is 0 Å². The maximum atomic E-state index is 6.59. The molecule has 1 radical (unpaired) electrons. The van der Waals surface area contributed by atoms with Gasteiger partial charge in [0.1, 0.15) is 0 Å². The lowest BCUT2D eigenvalue weighted by Crippen LogP contribution is -2.57. The van der Waals surface area contributed by atoms with Crippen LogP contribution in [0.1, 0.15) is 26.2 Å². The first kappa shape index (κ1) is 24.9. The molecule has 0 aliphatic carbocycles. The Labute approximate surface area is 157 Å². The molecule has 0 heterocycles. The van der Waals surface area contributed by atoms with Crippen molar-refractivity contribution < 1.29 is 16.5 Å². The van der Waals surface area contributed by atoms with Crippen molar-refractivity contribution in [1.29, 1.82) is 0 Å². The predicted octanol–water partition coefficient (Wildman–Crippen LogP) is 5.80. The van der Waals surface area contributed by atoms with Crippen LogP contribution < -0.4 is 0 Å². The molecule has 0 saturated carbocycles. The second-order valence-corrected chi connectivity index (χ2v) is 26.2. The Kier molecular flexibility index (Phi) is 10.1. The molecule has 0 N–H and O–H groups in total. The first-order chi connectivity index (χ1) is 10.6. The zero-order chi connectivity index (χ0) is 19.2. The van der Waals surface area contributed by atoms with Gasteiger partial charge in [-0.1, -0.05) is 26.2 Å². The molecule has 0 saturated heterocycles. The van der Waals surface area contributed by atoms with E-state index < -0.39 is 43.0 Å². The van der Waals surface area contributed by atoms with Crippen LogP contribution in [0.15, 0.2) is 0 Å². The van der Waals surface area contributed by atoms with Gasteiger partial charge in [-0.25, -0.2) is 0 Å². The standard InChI is InChI=1S/C15H41O4Si5/c1-12-13-14-15-21(4,5)17-23(8,9)19-24(10,11)18-22(6,7)16-20(2)3/h12-15H2,1-11H3. The minimum Gasteiger partial charge on any atom is -0.437 e.